The Labute approximate surface area is 221 Å². The first-order chi connectivity index (χ1) is 18.5. The van der Waals surface area contributed by atoms with Gasteiger partial charge in [0.25, 0.3) is 11.4 Å². The van der Waals surface area contributed by atoms with E-state index in [4.69, 9.17) is 19.3 Å². The molecule has 1 N–H and O–H groups in total. The Hall–Kier alpha value is -4.72. The van der Waals surface area contributed by atoms with Gasteiger partial charge in [0.2, 0.25) is 0 Å². The number of benzene rings is 2. The average Bonchev–Trinajstić information content (AvgIpc) is 3.25. The van der Waals surface area contributed by atoms with Gasteiger partial charge in [0.05, 0.1) is 46.5 Å². The summed E-state index contributed by atoms with van der Waals surface area (Å²) < 4.78 is 17.7. The molecule has 2 aliphatic carbocycles. The molecule has 204 valence electrons. The first-order valence-corrected chi connectivity index (χ1v) is 11.9. The highest BCUT2D eigenvalue weighted by molar-refractivity contribution is 5.68. The lowest BCUT2D eigenvalue weighted by Gasteiger charge is -2.52. The van der Waals surface area contributed by atoms with Gasteiger partial charge in [-0.2, -0.15) is 0 Å². The quantitative estimate of drug-likeness (QED) is 0.433. The van der Waals surface area contributed by atoms with Crippen molar-refractivity contribution in [1.29, 1.82) is 0 Å². The molecule has 14 nitrogen and oxygen atoms in total. The molecule has 0 amide bonds. The number of nitrogens with zero attached hydrogens (tertiary/aromatic N) is 4. The second-order valence-corrected chi connectivity index (χ2v) is 9.55. The Bertz CT molecular complexity index is 1450. The maximum absolute atomic E-state index is 10.4. The SMILES string of the molecule is COC1=CC=C2[C@H]3Cc4ccc(OC)c5c4[C@@]2(CCN3C)C1O5.O=[N+]([O-])c1cc([N+](=O)[O-])c(O)c([N+](=O)[O-])c1. The number of rotatable bonds is 5. The van der Waals surface area contributed by atoms with E-state index in [2.05, 4.69) is 30.2 Å². The van der Waals surface area contributed by atoms with Crippen LogP contribution in [-0.2, 0) is 16.6 Å². The van der Waals surface area contributed by atoms with Crippen molar-refractivity contribution < 1.29 is 34.1 Å². The molecule has 2 aromatic rings. The van der Waals surface area contributed by atoms with Gasteiger partial charge in [-0.1, -0.05) is 12.1 Å². The molecule has 2 bridgehead atoms. The van der Waals surface area contributed by atoms with E-state index in [1.807, 2.05) is 6.07 Å². The topological polar surface area (TPSA) is 181 Å². The molecule has 14 heteroatoms. The highest BCUT2D eigenvalue weighted by Gasteiger charge is 2.62. The molecule has 4 aliphatic rings. The Balaban J connectivity index is 0.000000171. The normalized spacial score (nSPS) is 23.7. The number of ether oxygens (including phenoxy) is 3. The van der Waals surface area contributed by atoms with Gasteiger partial charge in [-0.25, -0.2) is 0 Å². The number of methoxy groups -OCH3 is 2. The minimum absolute atomic E-state index is 0.0611. The van der Waals surface area contributed by atoms with Crippen molar-refractivity contribution in [3.8, 4) is 17.2 Å². The van der Waals surface area contributed by atoms with Crippen LogP contribution in [0, 0.1) is 30.3 Å². The maximum atomic E-state index is 10.4. The monoisotopic (exact) mass is 540 g/mol. The van der Waals surface area contributed by atoms with Gasteiger partial charge >= 0.3 is 11.4 Å². The Morgan fingerprint density at radius 3 is 2.26 bits per heavy atom. The number of likely N-dealkylation sites (tertiary alicyclic amines) is 1. The molecule has 1 fully saturated rings. The van der Waals surface area contributed by atoms with Crippen LogP contribution in [0.15, 0.2) is 47.7 Å². The number of piperidine rings is 1. The summed E-state index contributed by atoms with van der Waals surface area (Å²) in [4.78, 5) is 30.2. The number of phenolic OH excluding ortho intramolecular Hbond substituents is 1. The van der Waals surface area contributed by atoms with Crippen LogP contribution < -0.4 is 9.47 Å². The Kier molecular flexibility index (Phi) is 6.13. The lowest BCUT2D eigenvalue weighted by Crippen LogP contribution is -2.58. The van der Waals surface area contributed by atoms with Crippen molar-refractivity contribution >= 4 is 17.1 Å². The second kappa shape index (κ2) is 9.23. The average molecular weight is 540 g/mol. The van der Waals surface area contributed by atoms with E-state index in [1.165, 1.54) is 16.7 Å². The first-order valence-electron chi connectivity index (χ1n) is 11.9. The highest BCUT2D eigenvalue weighted by atomic mass is 16.6. The predicted molar refractivity (Wildman–Crippen MR) is 135 cm³/mol. The summed E-state index contributed by atoms with van der Waals surface area (Å²) in [5, 5.41) is 40.2. The molecule has 6 rings (SSSR count). The van der Waals surface area contributed by atoms with Gasteiger partial charge in [0, 0.05) is 11.6 Å². The molecule has 0 aromatic heterocycles. The van der Waals surface area contributed by atoms with Crippen LogP contribution in [0.5, 0.6) is 17.2 Å². The summed E-state index contributed by atoms with van der Waals surface area (Å²) in [5.74, 6) is 1.47. The van der Waals surface area contributed by atoms with E-state index < -0.39 is 37.6 Å². The number of likely N-dealkylation sites (N-methyl/N-ethyl adjacent to an activating group) is 1. The van der Waals surface area contributed by atoms with E-state index in [-0.39, 0.29) is 11.5 Å². The summed E-state index contributed by atoms with van der Waals surface area (Å²) in [6.45, 7) is 1.08. The molecule has 2 aliphatic heterocycles. The number of hydrogen-bond acceptors (Lipinski definition) is 11. The number of allylic oxidation sites excluding steroid dienone is 2. The van der Waals surface area contributed by atoms with Crippen molar-refractivity contribution in [2.45, 2.75) is 30.4 Å². The molecular formula is C25H24N4O10. The number of nitro groups is 3. The smallest absolute Gasteiger partial charge is 0.324 e. The number of aromatic hydroxyl groups is 1. The van der Waals surface area contributed by atoms with Crippen LogP contribution in [0.25, 0.3) is 0 Å². The van der Waals surface area contributed by atoms with Gasteiger partial charge in [0.15, 0.2) is 17.6 Å². The lowest BCUT2D eigenvalue weighted by atomic mass is 9.57. The number of non-ortho nitro benzene ring substituents is 1. The van der Waals surface area contributed by atoms with Gasteiger partial charge in [-0.3, -0.25) is 35.2 Å². The van der Waals surface area contributed by atoms with Crippen LogP contribution in [0.2, 0.25) is 0 Å². The van der Waals surface area contributed by atoms with Crippen molar-refractivity contribution in [2.75, 3.05) is 27.8 Å². The van der Waals surface area contributed by atoms with Gasteiger partial charge in [-0.15, -0.1) is 0 Å². The summed E-state index contributed by atoms with van der Waals surface area (Å²) in [6, 6.07) is 5.61. The van der Waals surface area contributed by atoms with Crippen LogP contribution >= 0.6 is 0 Å². The molecule has 0 radical (unpaired) electrons. The fraction of sp³-hybridized carbons (Fsp3) is 0.360. The molecule has 2 aromatic carbocycles. The van der Waals surface area contributed by atoms with E-state index in [1.54, 1.807) is 14.2 Å². The predicted octanol–water partition coefficient (Wildman–Crippen LogP) is 3.54. The summed E-state index contributed by atoms with van der Waals surface area (Å²) in [7, 11) is 5.68. The summed E-state index contributed by atoms with van der Waals surface area (Å²) in [6.07, 6.45) is 6.41. The third-order valence-corrected chi connectivity index (χ3v) is 7.82. The molecule has 2 heterocycles. The zero-order valence-corrected chi connectivity index (χ0v) is 21.2. The van der Waals surface area contributed by atoms with Crippen molar-refractivity contribution in [3.05, 3.63) is 89.2 Å². The van der Waals surface area contributed by atoms with Gasteiger partial charge in [-0.05, 0) is 49.7 Å². The van der Waals surface area contributed by atoms with Crippen LogP contribution in [0.1, 0.15) is 17.5 Å². The lowest BCUT2D eigenvalue weighted by molar-refractivity contribution is -0.404. The summed E-state index contributed by atoms with van der Waals surface area (Å²) in [5.41, 5.74) is 1.15. The zero-order valence-electron chi connectivity index (χ0n) is 21.2. The van der Waals surface area contributed by atoms with E-state index >= 15 is 0 Å². The van der Waals surface area contributed by atoms with E-state index in [0.29, 0.717) is 18.2 Å². The Morgan fingerprint density at radius 2 is 1.69 bits per heavy atom. The van der Waals surface area contributed by atoms with Crippen molar-refractivity contribution in [1.82, 2.24) is 4.90 Å². The third kappa shape index (κ3) is 3.74. The van der Waals surface area contributed by atoms with Gasteiger partial charge in [0.1, 0.15) is 5.76 Å². The van der Waals surface area contributed by atoms with Crippen LogP contribution in [0.3, 0.4) is 0 Å². The molecule has 1 spiro atoms. The largest absolute Gasteiger partial charge is 0.497 e. The number of phenols is 1. The molecule has 0 saturated carbocycles. The summed E-state index contributed by atoms with van der Waals surface area (Å²) >= 11 is 0. The van der Waals surface area contributed by atoms with E-state index in [0.717, 1.165) is 36.6 Å². The van der Waals surface area contributed by atoms with Crippen molar-refractivity contribution in [2.24, 2.45) is 0 Å². The molecule has 39 heavy (non-hydrogen) atoms. The van der Waals surface area contributed by atoms with Crippen LogP contribution in [-0.4, -0.2) is 64.7 Å². The van der Waals surface area contributed by atoms with Gasteiger partial charge < -0.3 is 19.3 Å². The van der Waals surface area contributed by atoms with Crippen molar-refractivity contribution in [3.63, 3.8) is 0 Å². The number of hydrogen-bond donors (Lipinski definition) is 1. The maximum Gasteiger partial charge on any atom is 0.324 e. The molecule has 1 saturated heterocycles. The van der Waals surface area contributed by atoms with Crippen LogP contribution in [0.4, 0.5) is 17.1 Å². The fourth-order valence-electron chi connectivity index (χ4n) is 6.07. The highest BCUT2D eigenvalue weighted by Crippen LogP contribution is 2.62. The minimum atomic E-state index is -1.21. The fourth-order valence-corrected chi connectivity index (χ4v) is 6.07. The first kappa shape index (κ1) is 25.9. The minimum Gasteiger partial charge on any atom is -0.497 e. The zero-order chi connectivity index (χ0) is 28.2. The molecule has 3 atom stereocenters. The van der Waals surface area contributed by atoms with E-state index in [9.17, 15) is 30.3 Å². The molecule has 1 unspecified atom stereocenters. The standard InChI is InChI=1S/C19H21NO3.C6H3N3O7/c1-20-9-8-19-12-5-7-15(22-3)18(19)23-17-14(21-2)6-4-11(16(17)19)10-13(12)20;10-6-4(8(13)14)1-3(7(11)12)2-5(6)9(15)16/h4-7,13,18H,8-10H2,1-3H3;1-2,10H/t13-,18?,19+;/m1./s1. The molecular weight excluding hydrogens is 516 g/mol. The number of nitro benzene ring substituents is 3. The second-order valence-electron chi connectivity index (χ2n) is 9.55. The third-order valence-electron chi connectivity index (χ3n) is 7.82. The Morgan fingerprint density at radius 1 is 1.03 bits per heavy atom.